The number of nitrogens with one attached hydrogen (secondary N) is 1. The number of hydrogen-bond donors (Lipinski definition) is 1. The maximum absolute atomic E-state index is 12.3. The predicted molar refractivity (Wildman–Crippen MR) is 69.4 cm³/mol. The molecule has 18 heavy (non-hydrogen) atoms. The highest BCUT2D eigenvalue weighted by atomic mass is 16.2. The summed E-state index contributed by atoms with van der Waals surface area (Å²) < 4.78 is 0. The Hall–Kier alpha value is -1.39. The number of aromatic amines is 1. The summed E-state index contributed by atoms with van der Waals surface area (Å²) in [6.07, 6.45) is 3.39. The molecule has 0 spiro atoms. The molecule has 1 atom stereocenters. The zero-order chi connectivity index (χ0) is 13.1. The highest BCUT2D eigenvalue weighted by Gasteiger charge is 2.29. The smallest absolute Gasteiger partial charge is 0.293 e. The van der Waals surface area contributed by atoms with Crippen molar-refractivity contribution in [1.29, 1.82) is 0 Å². The van der Waals surface area contributed by atoms with E-state index in [0.29, 0.717) is 24.2 Å². The van der Waals surface area contributed by atoms with Crippen LogP contribution in [0, 0.1) is 5.92 Å². The van der Waals surface area contributed by atoms with Crippen LogP contribution in [0.2, 0.25) is 0 Å². The van der Waals surface area contributed by atoms with Crippen LogP contribution in [0.15, 0.2) is 0 Å². The minimum absolute atomic E-state index is 0.0547. The van der Waals surface area contributed by atoms with Gasteiger partial charge < -0.3 is 4.90 Å². The van der Waals surface area contributed by atoms with Crippen molar-refractivity contribution in [3.63, 3.8) is 0 Å². The minimum Gasteiger partial charge on any atom is -0.336 e. The van der Waals surface area contributed by atoms with Crippen LogP contribution < -0.4 is 0 Å². The van der Waals surface area contributed by atoms with Crippen LogP contribution in [-0.4, -0.2) is 39.1 Å². The molecule has 0 bridgehead atoms. The zero-order valence-corrected chi connectivity index (χ0v) is 11.4. The Bertz CT molecular complexity index is 411. The lowest BCUT2D eigenvalue weighted by Crippen LogP contribution is -2.35. The molecule has 100 valence electrons. The first-order valence-corrected chi connectivity index (χ1v) is 6.87. The fraction of sp³-hybridized carbons (Fsp3) is 0.769. The molecule has 2 rings (SSSR count). The summed E-state index contributed by atoms with van der Waals surface area (Å²) >= 11 is 0. The number of carbonyl (C=O) groups excluding carboxylic acids is 1. The van der Waals surface area contributed by atoms with Crippen LogP contribution in [0.4, 0.5) is 0 Å². The average molecular weight is 250 g/mol. The molecule has 0 saturated heterocycles. The van der Waals surface area contributed by atoms with Gasteiger partial charge in [-0.2, -0.15) is 0 Å². The molecule has 5 nitrogen and oxygen atoms in total. The molecule has 1 unspecified atom stereocenters. The number of nitrogens with zero attached hydrogens (tertiary/aromatic N) is 3. The summed E-state index contributed by atoms with van der Waals surface area (Å²) in [6.45, 7) is 7.77. The van der Waals surface area contributed by atoms with Crippen LogP contribution in [-0.2, 0) is 0 Å². The second-order valence-corrected chi connectivity index (χ2v) is 5.18. The molecule has 0 aromatic carbocycles. The Morgan fingerprint density at radius 2 is 2.22 bits per heavy atom. The van der Waals surface area contributed by atoms with E-state index in [1.54, 1.807) is 0 Å². The van der Waals surface area contributed by atoms with Crippen molar-refractivity contribution in [2.45, 2.75) is 46.0 Å². The van der Waals surface area contributed by atoms with Crippen LogP contribution in [0.5, 0.6) is 0 Å². The Morgan fingerprint density at radius 3 is 2.78 bits per heavy atom. The Labute approximate surface area is 108 Å². The number of hydrogen-bond acceptors (Lipinski definition) is 3. The Morgan fingerprint density at radius 1 is 1.50 bits per heavy atom. The van der Waals surface area contributed by atoms with Gasteiger partial charge in [-0.3, -0.25) is 9.89 Å². The summed E-state index contributed by atoms with van der Waals surface area (Å²) in [5, 5.41) is 6.94. The van der Waals surface area contributed by atoms with Crippen LogP contribution in [0.25, 0.3) is 0 Å². The third kappa shape index (κ3) is 2.89. The molecule has 1 saturated carbocycles. The second kappa shape index (κ2) is 5.50. The fourth-order valence-electron chi connectivity index (χ4n) is 1.91. The summed E-state index contributed by atoms with van der Waals surface area (Å²) in [5.74, 6) is 2.15. The van der Waals surface area contributed by atoms with E-state index in [1.165, 1.54) is 0 Å². The first-order chi connectivity index (χ1) is 8.65. The molecule has 1 aliphatic carbocycles. The molecule has 1 fully saturated rings. The third-order valence-electron chi connectivity index (χ3n) is 3.56. The van der Waals surface area contributed by atoms with Crippen LogP contribution >= 0.6 is 0 Å². The van der Waals surface area contributed by atoms with E-state index in [9.17, 15) is 4.79 Å². The molecular formula is C13H22N4O. The normalized spacial score (nSPS) is 16.6. The number of aromatic nitrogens is 3. The number of rotatable bonds is 6. The molecule has 5 heteroatoms. The molecule has 0 radical (unpaired) electrons. The van der Waals surface area contributed by atoms with Crippen LogP contribution in [0.3, 0.4) is 0 Å². The zero-order valence-electron chi connectivity index (χ0n) is 11.4. The largest absolute Gasteiger partial charge is 0.336 e. The third-order valence-corrected chi connectivity index (χ3v) is 3.56. The second-order valence-electron chi connectivity index (χ2n) is 5.18. The lowest BCUT2D eigenvalue weighted by molar-refractivity contribution is 0.0729. The quantitative estimate of drug-likeness (QED) is 0.841. The van der Waals surface area contributed by atoms with Gasteiger partial charge in [0.2, 0.25) is 5.82 Å². The van der Waals surface area contributed by atoms with Crippen molar-refractivity contribution in [3.8, 4) is 0 Å². The van der Waals surface area contributed by atoms with Gasteiger partial charge in [-0.1, -0.05) is 20.3 Å². The molecule has 0 aliphatic heterocycles. The Balaban J connectivity index is 2.02. The standard InChI is InChI=1S/C13H22N4O/c1-4-9(3)8-17(5-2)13(18)12-14-11(15-16-12)10-6-7-10/h9-10H,4-8H2,1-3H3,(H,14,15,16). The molecule has 1 aliphatic rings. The fourth-order valence-corrected chi connectivity index (χ4v) is 1.91. The summed E-state index contributed by atoms with van der Waals surface area (Å²) in [6, 6.07) is 0. The van der Waals surface area contributed by atoms with Gasteiger partial charge in [0.25, 0.3) is 5.91 Å². The molecule has 1 aromatic heterocycles. The average Bonchev–Trinajstić information content (AvgIpc) is 3.12. The lowest BCUT2D eigenvalue weighted by atomic mass is 10.1. The van der Waals surface area contributed by atoms with E-state index in [1.807, 2.05) is 11.8 Å². The van der Waals surface area contributed by atoms with Crippen molar-refractivity contribution >= 4 is 5.91 Å². The first-order valence-electron chi connectivity index (χ1n) is 6.87. The van der Waals surface area contributed by atoms with Gasteiger partial charge in [-0.25, -0.2) is 4.98 Å². The van der Waals surface area contributed by atoms with E-state index in [0.717, 1.165) is 31.6 Å². The lowest BCUT2D eigenvalue weighted by Gasteiger charge is -2.22. The van der Waals surface area contributed by atoms with Crippen LogP contribution in [0.1, 0.15) is 62.4 Å². The maximum Gasteiger partial charge on any atom is 0.293 e. The van der Waals surface area contributed by atoms with Crippen molar-refractivity contribution < 1.29 is 4.79 Å². The number of H-pyrrole nitrogens is 1. The van der Waals surface area contributed by atoms with Gasteiger partial charge >= 0.3 is 0 Å². The Kier molecular flexibility index (Phi) is 3.99. The minimum atomic E-state index is -0.0547. The van der Waals surface area contributed by atoms with Gasteiger partial charge in [0.1, 0.15) is 5.82 Å². The summed E-state index contributed by atoms with van der Waals surface area (Å²) in [7, 11) is 0. The molecular weight excluding hydrogens is 228 g/mol. The van der Waals surface area contributed by atoms with Crippen molar-refractivity contribution in [1.82, 2.24) is 20.1 Å². The maximum atomic E-state index is 12.3. The van der Waals surface area contributed by atoms with Crippen molar-refractivity contribution in [2.24, 2.45) is 5.92 Å². The van der Waals surface area contributed by atoms with Crippen molar-refractivity contribution in [2.75, 3.05) is 13.1 Å². The van der Waals surface area contributed by atoms with E-state index < -0.39 is 0 Å². The summed E-state index contributed by atoms with van der Waals surface area (Å²) in [4.78, 5) is 18.4. The van der Waals surface area contributed by atoms with Gasteiger partial charge in [-0.15, -0.1) is 5.10 Å². The van der Waals surface area contributed by atoms with Gasteiger partial charge in [0.15, 0.2) is 0 Å². The van der Waals surface area contributed by atoms with E-state index >= 15 is 0 Å². The van der Waals surface area contributed by atoms with E-state index in [2.05, 4.69) is 29.0 Å². The number of carbonyl (C=O) groups is 1. The van der Waals surface area contributed by atoms with E-state index in [-0.39, 0.29) is 5.91 Å². The van der Waals surface area contributed by atoms with Gasteiger partial charge in [-0.05, 0) is 25.7 Å². The van der Waals surface area contributed by atoms with Crippen molar-refractivity contribution in [3.05, 3.63) is 11.6 Å². The predicted octanol–water partition coefficient (Wildman–Crippen LogP) is 2.19. The number of amides is 1. The molecule has 1 N–H and O–H groups in total. The molecule has 1 aromatic rings. The molecule has 1 heterocycles. The first kappa shape index (κ1) is 13.1. The highest BCUT2D eigenvalue weighted by Crippen LogP contribution is 2.37. The van der Waals surface area contributed by atoms with Gasteiger partial charge in [0.05, 0.1) is 0 Å². The van der Waals surface area contributed by atoms with Gasteiger partial charge in [0, 0.05) is 19.0 Å². The van der Waals surface area contributed by atoms with E-state index in [4.69, 9.17) is 0 Å². The molecule has 1 amide bonds. The topological polar surface area (TPSA) is 61.9 Å². The SMILES string of the molecule is CCC(C)CN(CC)C(=O)c1n[nH]c(C2CC2)n1. The highest BCUT2D eigenvalue weighted by molar-refractivity contribution is 5.90. The monoisotopic (exact) mass is 250 g/mol. The summed E-state index contributed by atoms with van der Waals surface area (Å²) in [5.41, 5.74) is 0.